The molecule has 2 aromatic carbocycles. The first-order valence-corrected chi connectivity index (χ1v) is 7.22. The monoisotopic (exact) mass is 377 g/mol. The SMILES string of the molecule is COc1ccc(C=NNC(=O)c2ccccc2Br)cc1[N+](=O)[O-]. The number of methoxy groups -OCH3 is 1. The van der Waals surface area contributed by atoms with Crippen molar-refractivity contribution < 1.29 is 14.5 Å². The van der Waals surface area contributed by atoms with Crippen LogP contribution in [0.1, 0.15) is 15.9 Å². The molecule has 0 saturated heterocycles. The van der Waals surface area contributed by atoms with Gasteiger partial charge in [-0.25, -0.2) is 5.43 Å². The number of rotatable bonds is 5. The highest BCUT2D eigenvalue weighted by Gasteiger charge is 2.14. The van der Waals surface area contributed by atoms with Crippen molar-refractivity contribution in [3.8, 4) is 5.75 Å². The van der Waals surface area contributed by atoms with Gasteiger partial charge in [-0.15, -0.1) is 0 Å². The number of amides is 1. The average Bonchev–Trinajstić information content (AvgIpc) is 2.55. The Kier molecular flexibility index (Phi) is 5.42. The second kappa shape index (κ2) is 7.50. The van der Waals surface area contributed by atoms with Crippen LogP contribution in [-0.2, 0) is 0 Å². The van der Waals surface area contributed by atoms with Gasteiger partial charge in [0.05, 0.1) is 23.8 Å². The molecule has 118 valence electrons. The predicted octanol–water partition coefficient (Wildman–Crippen LogP) is 3.13. The number of carbonyl (C=O) groups excluding carboxylic acids is 1. The molecule has 0 atom stereocenters. The van der Waals surface area contributed by atoms with E-state index in [0.29, 0.717) is 15.6 Å². The number of nitro groups is 1. The Morgan fingerprint density at radius 3 is 2.74 bits per heavy atom. The summed E-state index contributed by atoms with van der Waals surface area (Å²) in [7, 11) is 1.36. The van der Waals surface area contributed by atoms with Crippen molar-refractivity contribution in [2.24, 2.45) is 5.10 Å². The van der Waals surface area contributed by atoms with Crippen molar-refractivity contribution in [2.75, 3.05) is 7.11 Å². The maximum Gasteiger partial charge on any atom is 0.311 e. The Balaban J connectivity index is 2.12. The molecule has 0 fully saturated rings. The number of benzene rings is 2. The summed E-state index contributed by atoms with van der Waals surface area (Å²) in [5.41, 5.74) is 3.09. The quantitative estimate of drug-likeness (QED) is 0.491. The van der Waals surface area contributed by atoms with Gasteiger partial charge in [-0.3, -0.25) is 14.9 Å². The van der Waals surface area contributed by atoms with Gasteiger partial charge in [0.15, 0.2) is 5.75 Å². The normalized spacial score (nSPS) is 10.5. The van der Waals surface area contributed by atoms with E-state index in [-0.39, 0.29) is 11.4 Å². The van der Waals surface area contributed by atoms with Crippen molar-refractivity contribution in [3.63, 3.8) is 0 Å². The van der Waals surface area contributed by atoms with Gasteiger partial charge in [0, 0.05) is 16.1 Å². The van der Waals surface area contributed by atoms with Gasteiger partial charge in [0.2, 0.25) is 0 Å². The van der Waals surface area contributed by atoms with Crippen LogP contribution in [0.4, 0.5) is 5.69 Å². The molecule has 0 unspecified atom stereocenters. The van der Waals surface area contributed by atoms with Crippen molar-refractivity contribution in [2.45, 2.75) is 0 Å². The topological polar surface area (TPSA) is 93.8 Å². The minimum Gasteiger partial charge on any atom is -0.490 e. The summed E-state index contributed by atoms with van der Waals surface area (Å²) in [5.74, 6) is -0.235. The lowest BCUT2D eigenvalue weighted by atomic mass is 10.2. The second-order valence-electron chi connectivity index (χ2n) is 4.37. The summed E-state index contributed by atoms with van der Waals surface area (Å²) in [5, 5.41) is 14.7. The van der Waals surface area contributed by atoms with Crippen molar-refractivity contribution in [3.05, 3.63) is 68.2 Å². The van der Waals surface area contributed by atoms with Crippen LogP contribution in [0.15, 0.2) is 52.0 Å². The van der Waals surface area contributed by atoms with Crippen LogP contribution in [-0.4, -0.2) is 24.2 Å². The number of hydrogen-bond acceptors (Lipinski definition) is 5. The van der Waals surface area contributed by atoms with E-state index in [4.69, 9.17) is 4.74 Å². The Hall–Kier alpha value is -2.74. The molecule has 0 bridgehead atoms. The Bertz CT molecular complexity index is 777. The lowest BCUT2D eigenvalue weighted by Crippen LogP contribution is -2.18. The third-order valence-corrected chi connectivity index (χ3v) is 3.59. The van der Waals surface area contributed by atoms with Crippen LogP contribution in [0.3, 0.4) is 0 Å². The van der Waals surface area contributed by atoms with Gasteiger partial charge in [-0.05, 0) is 40.2 Å². The van der Waals surface area contributed by atoms with Crippen LogP contribution in [0.5, 0.6) is 5.75 Å². The third kappa shape index (κ3) is 4.13. The fourth-order valence-corrected chi connectivity index (χ4v) is 2.27. The van der Waals surface area contributed by atoms with Gasteiger partial charge >= 0.3 is 5.69 Å². The molecule has 1 N–H and O–H groups in total. The molecule has 0 spiro atoms. The molecule has 0 saturated carbocycles. The number of nitro benzene ring substituents is 1. The zero-order valence-corrected chi connectivity index (χ0v) is 13.6. The third-order valence-electron chi connectivity index (χ3n) is 2.90. The number of hydrazone groups is 1. The summed E-state index contributed by atoms with van der Waals surface area (Å²) >= 11 is 3.27. The maximum atomic E-state index is 11.9. The first kappa shape index (κ1) is 16.6. The van der Waals surface area contributed by atoms with E-state index in [0.717, 1.165) is 0 Å². The van der Waals surface area contributed by atoms with Crippen LogP contribution in [0, 0.1) is 10.1 Å². The smallest absolute Gasteiger partial charge is 0.311 e. The molecular formula is C15H12BrN3O4. The Morgan fingerprint density at radius 2 is 2.09 bits per heavy atom. The molecule has 0 aliphatic heterocycles. The van der Waals surface area contributed by atoms with E-state index in [2.05, 4.69) is 26.5 Å². The van der Waals surface area contributed by atoms with Gasteiger partial charge in [0.1, 0.15) is 0 Å². The lowest BCUT2D eigenvalue weighted by Gasteiger charge is -2.03. The molecule has 2 rings (SSSR count). The molecule has 0 aromatic heterocycles. The molecule has 0 aliphatic rings. The van der Waals surface area contributed by atoms with E-state index in [1.54, 1.807) is 30.3 Å². The molecule has 0 aliphatic carbocycles. The maximum absolute atomic E-state index is 11.9. The van der Waals surface area contributed by atoms with E-state index in [1.165, 1.54) is 25.5 Å². The highest BCUT2D eigenvalue weighted by molar-refractivity contribution is 9.10. The van der Waals surface area contributed by atoms with Gasteiger partial charge in [-0.2, -0.15) is 5.10 Å². The standard InChI is InChI=1S/C15H12BrN3O4/c1-23-14-7-6-10(8-13(14)19(21)22)9-17-18-15(20)11-4-2-3-5-12(11)16/h2-9H,1H3,(H,18,20). The van der Waals surface area contributed by atoms with Gasteiger partial charge in [0.25, 0.3) is 5.91 Å². The molecule has 7 nitrogen and oxygen atoms in total. The summed E-state index contributed by atoms with van der Waals surface area (Å²) in [6.07, 6.45) is 1.32. The van der Waals surface area contributed by atoms with Crippen LogP contribution in [0.2, 0.25) is 0 Å². The van der Waals surface area contributed by atoms with Crippen LogP contribution < -0.4 is 10.2 Å². The van der Waals surface area contributed by atoms with Gasteiger partial charge < -0.3 is 4.74 Å². The molecule has 0 heterocycles. The van der Waals surface area contributed by atoms with Crippen LogP contribution in [0.25, 0.3) is 0 Å². The number of hydrogen-bond donors (Lipinski definition) is 1. The summed E-state index contributed by atoms with van der Waals surface area (Å²) in [6, 6.07) is 11.3. The number of nitrogens with one attached hydrogen (secondary N) is 1. The zero-order chi connectivity index (χ0) is 16.8. The molecule has 2 aromatic rings. The molecule has 0 radical (unpaired) electrons. The second-order valence-corrected chi connectivity index (χ2v) is 5.22. The summed E-state index contributed by atoms with van der Waals surface area (Å²) < 4.78 is 5.56. The average molecular weight is 378 g/mol. The molecular weight excluding hydrogens is 366 g/mol. The first-order valence-electron chi connectivity index (χ1n) is 6.43. The van der Waals surface area contributed by atoms with Crippen molar-refractivity contribution in [1.82, 2.24) is 5.43 Å². The first-order chi connectivity index (χ1) is 11.0. The number of ether oxygens (including phenoxy) is 1. The minimum absolute atomic E-state index is 0.157. The van der Waals surface area contributed by atoms with E-state index in [9.17, 15) is 14.9 Å². The number of nitrogens with zero attached hydrogens (tertiary/aromatic N) is 2. The van der Waals surface area contributed by atoms with E-state index in [1.807, 2.05) is 0 Å². The minimum atomic E-state index is -0.546. The van der Waals surface area contributed by atoms with E-state index < -0.39 is 10.8 Å². The fraction of sp³-hybridized carbons (Fsp3) is 0.0667. The van der Waals surface area contributed by atoms with Crippen molar-refractivity contribution in [1.29, 1.82) is 0 Å². The molecule has 1 amide bonds. The van der Waals surface area contributed by atoms with E-state index >= 15 is 0 Å². The van der Waals surface area contributed by atoms with Gasteiger partial charge in [-0.1, -0.05) is 12.1 Å². The highest BCUT2D eigenvalue weighted by Crippen LogP contribution is 2.26. The predicted molar refractivity (Wildman–Crippen MR) is 88.9 cm³/mol. The Morgan fingerprint density at radius 1 is 1.35 bits per heavy atom. The lowest BCUT2D eigenvalue weighted by molar-refractivity contribution is -0.385. The fourth-order valence-electron chi connectivity index (χ4n) is 1.80. The van der Waals surface area contributed by atoms with Crippen LogP contribution >= 0.6 is 15.9 Å². The largest absolute Gasteiger partial charge is 0.490 e. The summed E-state index contributed by atoms with van der Waals surface area (Å²) in [4.78, 5) is 22.3. The Labute approximate surface area is 140 Å². The molecule has 23 heavy (non-hydrogen) atoms. The van der Waals surface area contributed by atoms with Crippen molar-refractivity contribution >= 4 is 33.7 Å². The number of carbonyl (C=O) groups is 1. The zero-order valence-electron chi connectivity index (χ0n) is 12.0. The number of halogens is 1. The molecule has 8 heteroatoms. The highest BCUT2D eigenvalue weighted by atomic mass is 79.9. The summed E-state index contributed by atoms with van der Waals surface area (Å²) in [6.45, 7) is 0.